The number of hydrogen-bond donors (Lipinski definition) is 1. The molecule has 0 unspecified atom stereocenters. The summed E-state index contributed by atoms with van der Waals surface area (Å²) < 4.78 is 19.2. The van der Waals surface area contributed by atoms with E-state index in [4.69, 9.17) is 4.74 Å². The Morgan fingerprint density at radius 2 is 1.88 bits per heavy atom. The molecule has 5 nitrogen and oxygen atoms in total. The number of halogens is 1. The molecule has 0 aliphatic carbocycles. The molecular weight excluding hydrogens is 341 g/mol. The highest BCUT2D eigenvalue weighted by atomic mass is 32.1. The maximum atomic E-state index is 13.7. The Morgan fingerprint density at radius 3 is 2.60 bits per heavy atom. The van der Waals surface area contributed by atoms with E-state index in [1.54, 1.807) is 19.1 Å². The predicted octanol–water partition coefficient (Wildman–Crippen LogP) is 4.14. The van der Waals surface area contributed by atoms with Crippen LogP contribution in [0.15, 0.2) is 54.6 Å². The first-order chi connectivity index (χ1) is 12.2. The minimum Gasteiger partial charge on any atom is -0.478 e. The Hall–Kier alpha value is -2.80. The van der Waals surface area contributed by atoms with Crippen molar-refractivity contribution in [1.29, 1.82) is 0 Å². The molecular formula is C18H16FN3O2S. The highest BCUT2D eigenvalue weighted by Gasteiger charge is 2.21. The number of amides is 1. The molecule has 3 rings (SSSR count). The summed E-state index contributed by atoms with van der Waals surface area (Å²) in [7, 11) is 0. The summed E-state index contributed by atoms with van der Waals surface area (Å²) in [4.78, 5) is 12.4. The Labute approximate surface area is 148 Å². The van der Waals surface area contributed by atoms with Crippen LogP contribution in [-0.2, 0) is 4.79 Å². The van der Waals surface area contributed by atoms with Crippen molar-refractivity contribution in [1.82, 2.24) is 10.2 Å². The lowest BCUT2D eigenvalue weighted by Gasteiger charge is -2.16. The van der Waals surface area contributed by atoms with Crippen molar-refractivity contribution in [2.75, 3.05) is 5.32 Å². The molecule has 1 heterocycles. The normalized spacial score (nSPS) is 11.8. The van der Waals surface area contributed by atoms with Crippen LogP contribution in [0.25, 0.3) is 10.6 Å². The molecule has 1 N–H and O–H groups in total. The van der Waals surface area contributed by atoms with E-state index in [0.29, 0.717) is 16.6 Å². The van der Waals surface area contributed by atoms with Crippen molar-refractivity contribution in [3.05, 3.63) is 60.4 Å². The summed E-state index contributed by atoms with van der Waals surface area (Å²) in [6, 6.07) is 15.6. The number of hydrogen-bond acceptors (Lipinski definition) is 5. The van der Waals surface area contributed by atoms with Crippen molar-refractivity contribution in [2.24, 2.45) is 0 Å². The number of ether oxygens (including phenoxy) is 1. The first-order valence-electron chi connectivity index (χ1n) is 7.78. The van der Waals surface area contributed by atoms with E-state index in [9.17, 15) is 9.18 Å². The van der Waals surface area contributed by atoms with Crippen LogP contribution in [0.3, 0.4) is 0 Å². The molecule has 1 aromatic heterocycles. The van der Waals surface area contributed by atoms with Gasteiger partial charge in [-0.3, -0.25) is 10.1 Å². The lowest BCUT2D eigenvalue weighted by atomic mass is 10.2. The van der Waals surface area contributed by atoms with Crippen LogP contribution in [0, 0.1) is 5.82 Å². The summed E-state index contributed by atoms with van der Waals surface area (Å²) in [5.41, 5.74) is 0.926. The monoisotopic (exact) mass is 357 g/mol. The maximum absolute atomic E-state index is 13.7. The molecule has 0 saturated heterocycles. The molecule has 2 aromatic carbocycles. The van der Waals surface area contributed by atoms with Crippen LogP contribution in [0.1, 0.15) is 13.3 Å². The highest BCUT2D eigenvalue weighted by Crippen LogP contribution is 2.26. The van der Waals surface area contributed by atoms with Gasteiger partial charge in [0.1, 0.15) is 5.01 Å². The number of para-hydroxylation sites is 1. The van der Waals surface area contributed by atoms with Crippen LogP contribution >= 0.6 is 11.3 Å². The summed E-state index contributed by atoms with van der Waals surface area (Å²) >= 11 is 1.27. The Kier molecular flexibility index (Phi) is 5.35. The van der Waals surface area contributed by atoms with E-state index < -0.39 is 11.9 Å². The van der Waals surface area contributed by atoms with Crippen molar-refractivity contribution >= 4 is 22.4 Å². The van der Waals surface area contributed by atoms with Gasteiger partial charge >= 0.3 is 0 Å². The van der Waals surface area contributed by atoms with Crippen molar-refractivity contribution in [3.63, 3.8) is 0 Å². The quantitative estimate of drug-likeness (QED) is 0.720. The van der Waals surface area contributed by atoms with Gasteiger partial charge in [0.2, 0.25) is 5.13 Å². The number of anilines is 1. The zero-order valence-electron chi connectivity index (χ0n) is 13.5. The number of benzene rings is 2. The zero-order valence-corrected chi connectivity index (χ0v) is 14.3. The zero-order chi connectivity index (χ0) is 17.6. The van der Waals surface area contributed by atoms with E-state index in [0.717, 1.165) is 5.56 Å². The summed E-state index contributed by atoms with van der Waals surface area (Å²) in [6.07, 6.45) is -0.425. The standard InChI is InChI=1S/C18H16FN3O2S/c1-2-14(24-15-11-7-6-10-13(15)19)16(23)20-18-22-21-17(25-18)12-8-4-3-5-9-12/h3-11,14H,2H2,1H3,(H,20,22,23)/t14-/m1/s1. The molecule has 128 valence electrons. The number of nitrogens with zero attached hydrogens (tertiary/aromatic N) is 2. The second kappa shape index (κ2) is 7.85. The molecule has 0 aliphatic heterocycles. The van der Waals surface area contributed by atoms with Gasteiger partial charge in [0, 0.05) is 5.56 Å². The number of aromatic nitrogens is 2. The molecule has 1 atom stereocenters. The van der Waals surface area contributed by atoms with Gasteiger partial charge < -0.3 is 4.74 Å². The molecule has 7 heteroatoms. The molecule has 0 radical (unpaired) electrons. The van der Waals surface area contributed by atoms with Crippen LogP contribution in [-0.4, -0.2) is 22.2 Å². The van der Waals surface area contributed by atoms with Crippen LogP contribution in [0.2, 0.25) is 0 Å². The van der Waals surface area contributed by atoms with Gasteiger partial charge in [-0.2, -0.15) is 0 Å². The lowest BCUT2D eigenvalue weighted by Crippen LogP contribution is -2.32. The van der Waals surface area contributed by atoms with Crippen molar-refractivity contribution in [3.8, 4) is 16.3 Å². The third kappa shape index (κ3) is 4.19. The van der Waals surface area contributed by atoms with E-state index >= 15 is 0 Å². The molecule has 3 aromatic rings. The first-order valence-corrected chi connectivity index (χ1v) is 8.60. The van der Waals surface area contributed by atoms with E-state index in [1.165, 1.54) is 23.5 Å². The van der Waals surface area contributed by atoms with Gasteiger partial charge in [-0.25, -0.2) is 4.39 Å². The topological polar surface area (TPSA) is 64.1 Å². The van der Waals surface area contributed by atoms with Gasteiger partial charge in [0.25, 0.3) is 5.91 Å². The summed E-state index contributed by atoms with van der Waals surface area (Å²) in [6.45, 7) is 1.79. The third-order valence-corrected chi connectivity index (χ3v) is 4.33. The first kappa shape index (κ1) is 17.0. The molecule has 0 bridgehead atoms. The van der Waals surface area contributed by atoms with E-state index in [2.05, 4.69) is 15.5 Å². The molecule has 0 aliphatic rings. The fraction of sp³-hybridized carbons (Fsp3) is 0.167. The van der Waals surface area contributed by atoms with Gasteiger partial charge in [-0.1, -0.05) is 60.7 Å². The van der Waals surface area contributed by atoms with E-state index in [1.807, 2.05) is 30.3 Å². The average Bonchev–Trinajstić information content (AvgIpc) is 3.10. The largest absolute Gasteiger partial charge is 0.478 e. The van der Waals surface area contributed by atoms with Crippen LogP contribution in [0.4, 0.5) is 9.52 Å². The van der Waals surface area contributed by atoms with Gasteiger partial charge in [0.15, 0.2) is 17.7 Å². The molecule has 0 saturated carbocycles. The fourth-order valence-electron chi connectivity index (χ4n) is 2.17. The number of rotatable bonds is 6. The lowest BCUT2D eigenvalue weighted by molar-refractivity contribution is -0.122. The molecule has 0 spiro atoms. The highest BCUT2D eigenvalue weighted by molar-refractivity contribution is 7.18. The molecule has 25 heavy (non-hydrogen) atoms. The molecule has 0 fully saturated rings. The number of nitrogens with one attached hydrogen (secondary N) is 1. The van der Waals surface area contributed by atoms with Gasteiger partial charge in [0.05, 0.1) is 0 Å². The smallest absolute Gasteiger partial charge is 0.267 e. The molecule has 1 amide bonds. The fourth-order valence-corrected chi connectivity index (χ4v) is 2.92. The van der Waals surface area contributed by atoms with Crippen LogP contribution < -0.4 is 10.1 Å². The third-order valence-electron chi connectivity index (χ3n) is 3.44. The second-order valence-corrected chi connectivity index (χ2v) is 6.19. The minimum atomic E-state index is -0.819. The number of carbonyl (C=O) groups excluding carboxylic acids is 1. The van der Waals surface area contributed by atoms with Gasteiger partial charge in [-0.15, -0.1) is 10.2 Å². The van der Waals surface area contributed by atoms with E-state index in [-0.39, 0.29) is 11.7 Å². The Morgan fingerprint density at radius 1 is 1.16 bits per heavy atom. The van der Waals surface area contributed by atoms with Gasteiger partial charge in [-0.05, 0) is 18.6 Å². The van der Waals surface area contributed by atoms with Crippen molar-refractivity contribution < 1.29 is 13.9 Å². The maximum Gasteiger partial charge on any atom is 0.267 e. The van der Waals surface area contributed by atoms with Crippen LogP contribution in [0.5, 0.6) is 5.75 Å². The Balaban J connectivity index is 1.68. The second-order valence-electron chi connectivity index (χ2n) is 5.21. The summed E-state index contributed by atoms with van der Waals surface area (Å²) in [5, 5.41) is 11.8. The average molecular weight is 357 g/mol. The SMILES string of the molecule is CC[C@@H](Oc1ccccc1F)C(=O)Nc1nnc(-c2ccccc2)s1. The summed E-state index contributed by atoms with van der Waals surface area (Å²) in [5.74, 6) is -0.843. The Bertz CT molecular complexity index is 854. The van der Waals surface area contributed by atoms with Crippen molar-refractivity contribution in [2.45, 2.75) is 19.4 Å². The predicted molar refractivity (Wildman–Crippen MR) is 95.1 cm³/mol. The minimum absolute atomic E-state index is 0.0479. The number of carbonyl (C=O) groups is 1.